The summed E-state index contributed by atoms with van der Waals surface area (Å²) in [4.78, 5) is 8.02. The average molecular weight is 240 g/mol. The molecular weight excluding hydrogens is 228 g/mol. The lowest BCUT2D eigenvalue weighted by atomic mass is 10.2. The summed E-state index contributed by atoms with van der Waals surface area (Å²) < 4.78 is 5.04. The second-order valence-electron chi connectivity index (χ2n) is 3.62. The van der Waals surface area contributed by atoms with E-state index in [1.54, 1.807) is 13.3 Å². The lowest BCUT2D eigenvalue weighted by Gasteiger charge is -2.07. The van der Waals surface area contributed by atoms with E-state index in [0.717, 1.165) is 11.3 Å². The highest BCUT2D eigenvalue weighted by Crippen LogP contribution is 2.17. The van der Waals surface area contributed by atoms with Crippen LogP contribution in [0.4, 0.5) is 11.5 Å². The normalized spacial score (nSPS) is 9.78. The molecule has 18 heavy (non-hydrogen) atoms. The number of hydrogen-bond acceptors (Lipinski definition) is 5. The van der Waals surface area contributed by atoms with Gasteiger partial charge in [0, 0.05) is 25.2 Å². The molecule has 90 valence electrons. The Hall–Kier alpha value is -2.45. The van der Waals surface area contributed by atoms with Crippen LogP contribution >= 0.6 is 0 Å². The van der Waals surface area contributed by atoms with Gasteiger partial charge in [-0.15, -0.1) is 0 Å². The molecule has 0 amide bonds. The van der Waals surface area contributed by atoms with Gasteiger partial charge >= 0.3 is 0 Å². The number of aromatic nitrogens is 2. The smallest absolute Gasteiger partial charge is 0.183 e. The molecule has 1 heterocycles. The molecule has 1 aromatic heterocycles. The van der Waals surface area contributed by atoms with E-state index in [1.807, 2.05) is 30.3 Å². The fourth-order valence-electron chi connectivity index (χ4n) is 1.50. The molecule has 0 bridgehead atoms. The number of anilines is 2. The number of benzene rings is 1. The van der Waals surface area contributed by atoms with E-state index in [9.17, 15) is 0 Å². The van der Waals surface area contributed by atoms with Gasteiger partial charge in [0.25, 0.3) is 0 Å². The predicted octanol–water partition coefficient (Wildman–Crippen LogP) is 2.24. The molecule has 0 aliphatic rings. The van der Waals surface area contributed by atoms with Gasteiger partial charge in [-0.3, -0.25) is 0 Å². The molecule has 0 fully saturated rings. The number of nitrogens with one attached hydrogen (secondary N) is 1. The maximum atomic E-state index is 8.90. The summed E-state index contributed by atoms with van der Waals surface area (Å²) in [7, 11) is 1.66. The summed E-state index contributed by atoms with van der Waals surface area (Å²) in [6.45, 7) is 0.578. The highest BCUT2D eigenvalue weighted by Gasteiger charge is 2.03. The number of nitriles is 1. The zero-order chi connectivity index (χ0) is 12.8. The third kappa shape index (κ3) is 2.81. The van der Waals surface area contributed by atoms with Crippen molar-refractivity contribution in [1.29, 1.82) is 5.26 Å². The van der Waals surface area contributed by atoms with Gasteiger partial charge in [0.05, 0.1) is 6.61 Å². The Kier molecular flexibility index (Phi) is 3.84. The first-order valence-corrected chi connectivity index (χ1v) is 5.39. The van der Waals surface area contributed by atoms with Crippen molar-refractivity contribution in [1.82, 2.24) is 9.97 Å². The molecule has 0 unspecified atom stereocenters. The fraction of sp³-hybridized carbons (Fsp3) is 0.154. The molecule has 0 radical (unpaired) electrons. The van der Waals surface area contributed by atoms with Gasteiger partial charge < -0.3 is 10.1 Å². The van der Waals surface area contributed by atoms with E-state index in [0.29, 0.717) is 12.4 Å². The standard InChI is InChI=1S/C13H12N4O/c1-18-9-10-2-4-11(5-3-10)17-13-12(8-14)15-6-7-16-13/h2-7H,9H2,1H3,(H,16,17). The van der Waals surface area contributed by atoms with E-state index >= 15 is 0 Å². The lowest BCUT2D eigenvalue weighted by Crippen LogP contribution is -1.98. The van der Waals surface area contributed by atoms with Gasteiger partial charge in [0.15, 0.2) is 11.5 Å². The summed E-state index contributed by atoms with van der Waals surface area (Å²) in [5.74, 6) is 0.458. The average Bonchev–Trinajstić information content (AvgIpc) is 2.42. The fourth-order valence-corrected chi connectivity index (χ4v) is 1.50. The number of methoxy groups -OCH3 is 1. The zero-order valence-electron chi connectivity index (χ0n) is 9.92. The van der Waals surface area contributed by atoms with E-state index in [1.165, 1.54) is 6.20 Å². The largest absolute Gasteiger partial charge is 0.380 e. The summed E-state index contributed by atoms with van der Waals surface area (Å²) in [6, 6.07) is 9.71. The molecule has 0 aliphatic carbocycles. The van der Waals surface area contributed by atoms with Crippen molar-refractivity contribution in [2.24, 2.45) is 0 Å². The van der Waals surface area contributed by atoms with Crippen molar-refractivity contribution in [3.05, 3.63) is 47.9 Å². The third-order valence-corrected chi connectivity index (χ3v) is 2.33. The van der Waals surface area contributed by atoms with E-state index in [-0.39, 0.29) is 5.69 Å². The third-order valence-electron chi connectivity index (χ3n) is 2.33. The predicted molar refractivity (Wildman–Crippen MR) is 67.2 cm³/mol. The molecule has 0 saturated heterocycles. The van der Waals surface area contributed by atoms with Crippen LogP contribution < -0.4 is 5.32 Å². The van der Waals surface area contributed by atoms with E-state index in [2.05, 4.69) is 15.3 Å². The molecular formula is C13H12N4O. The Morgan fingerprint density at radius 2 is 1.94 bits per heavy atom. The number of ether oxygens (including phenoxy) is 1. The Morgan fingerprint density at radius 1 is 1.22 bits per heavy atom. The minimum Gasteiger partial charge on any atom is -0.380 e. The van der Waals surface area contributed by atoms with Gasteiger partial charge in [-0.05, 0) is 17.7 Å². The molecule has 1 N–H and O–H groups in total. The van der Waals surface area contributed by atoms with Gasteiger partial charge in [0.2, 0.25) is 0 Å². The van der Waals surface area contributed by atoms with Crippen LogP contribution in [0.3, 0.4) is 0 Å². The lowest BCUT2D eigenvalue weighted by molar-refractivity contribution is 0.185. The van der Waals surface area contributed by atoms with Crippen molar-refractivity contribution >= 4 is 11.5 Å². The summed E-state index contributed by atoms with van der Waals surface area (Å²) in [6.07, 6.45) is 3.04. The van der Waals surface area contributed by atoms with Crippen molar-refractivity contribution in [2.75, 3.05) is 12.4 Å². The zero-order valence-corrected chi connectivity index (χ0v) is 9.92. The minimum atomic E-state index is 0.276. The summed E-state index contributed by atoms with van der Waals surface area (Å²) in [5.41, 5.74) is 2.22. The number of hydrogen-bond donors (Lipinski definition) is 1. The topological polar surface area (TPSA) is 70.8 Å². The molecule has 2 aromatic rings. The SMILES string of the molecule is COCc1ccc(Nc2nccnc2C#N)cc1. The van der Waals surface area contributed by atoms with E-state index < -0.39 is 0 Å². The number of nitrogens with zero attached hydrogens (tertiary/aromatic N) is 3. The quantitative estimate of drug-likeness (QED) is 0.887. The van der Waals surface area contributed by atoms with Crippen molar-refractivity contribution in [2.45, 2.75) is 6.61 Å². The number of rotatable bonds is 4. The van der Waals surface area contributed by atoms with Gasteiger partial charge in [-0.2, -0.15) is 5.26 Å². The molecule has 5 nitrogen and oxygen atoms in total. The van der Waals surface area contributed by atoms with Crippen LogP contribution in [0.25, 0.3) is 0 Å². The van der Waals surface area contributed by atoms with Crippen LogP contribution in [0.15, 0.2) is 36.7 Å². The van der Waals surface area contributed by atoms with Crippen LogP contribution in [0.2, 0.25) is 0 Å². The molecule has 0 atom stereocenters. The Morgan fingerprint density at radius 3 is 2.61 bits per heavy atom. The molecule has 0 spiro atoms. The van der Waals surface area contributed by atoms with Gasteiger partial charge in [-0.1, -0.05) is 12.1 Å². The van der Waals surface area contributed by atoms with Gasteiger partial charge in [-0.25, -0.2) is 9.97 Å². The van der Waals surface area contributed by atoms with Crippen molar-refractivity contribution < 1.29 is 4.74 Å². The first kappa shape index (κ1) is 12.0. The second-order valence-corrected chi connectivity index (χ2v) is 3.62. The Balaban J connectivity index is 2.16. The van der Waals surface area contributed by atoms with Crippen LogP contribution in [-0.2, 0) is 11.3 Å². The molecule has 5 heteroatoms. The monoisotopic (exact) mass is 240 g/mol. The molecule has 0 saturated carbocycles. The second kappa shape index (κ2) is 5.75. The van der Waals surface area contributed by atoms with Crippen LogP contribution in [-0.4, -0.2) is 17.1 Å². The Bertz CT molecular complexity index is 560. The minimum absolute atomic E-state index is 0.276. The summed E-state index contributed by atoms with van der Waals surface area (Å²) in [5, 5.41) is 12.0. The molecule has 0 aliphatic heterocycles. The van der Waals surface area contributed by atoms with Crippen LogP contribution in [0.1, 0.15) is 11.3 Å². The highest BCUT2D eigenvalue weighted by molar-refractivity contribution is 5.60. The molecule has 2 rings (SSSR count). The van der Waals surface area contributed by atoms with E-state index in [4.69, 9.17) is 10.00 Å². The highest BCUT2D eigenvalue weighted by atomic mass is 16.5. The Labute approximate surface area is 105 Å². The van der Waals surface area contributed by atoms with Crippen LogP contribution in [0.5, 0.6) is 0 Å². The van der Waals surface area contributed by atoms with Crippen molar-refractivity contribution in [3.8, 4) is 6.07 Å². The first-order valence-electron chi connectivity index (χ1n) is 5.39. The summed E-state index contributed by atoms with van der Waals surface area (Å²) >= 11 is 0. The van der Waals surface area contributed by atoms with Crippen LogP contribution in [0, 0.1) is 11.3 Å². The first-order chi connectivity index (χ1) is 8.83. The maximum Gasteiger partial charge on any atom is 0.183 e. The van der Waals surface area contributed by atoms with Crippen molar-refractivity contribution in [3.63, 3.8) is 0 Å². The van der Waals surface area contributed by atoms with Gasteiger partial charge in [0.1, 0.15) is 6.07 Å². The maximum absolute atomic E-state index is 8.90. The molecule has 1 aromatic carbocycles.